The molecule has 2 nitrogen and oxygen atoms in total. The van der Waals surface area contributed by atoms with Crippen molar-refractivity contribution in [3.63, 3.8) is 0 Å². The van der Waals surface area contributed by atoms with Crippen LogP contribution in [-0.2, 0) is 0 Å². The maximum absolute atomic E-state index is 3.49. The molecule has 1 rings (SSSR count). The van der Waals surface area contributed by atoms with Crippen LogP contribution in [0, 0.1) is 5.41 Å². The number of hydrogen-bond acceptors (Lipinski definition) is 3. The molecular weight excluding hydrogens is 240 g/mol. The molecule has 0 aliphatic carbocycles. The molecule has 3 heteroatoms. The van der Waals surface area contributed by atoms with E-state index in [0.717, 1.165) is 5.25 Å². The van der Waals surface area contributed by atoms with Crippen molar-refractivity contribution in [3.8, 4) is 0 Å². The summed E-state index contributed by atoms with van der Waals surface area (Å²) < 4.78 is 0. The Morgan fingerprint density at radius 1 is 1.28 bits per heavy atom. The molecule has 2 atom stereocenters. The van der Waals surface area contributed by atoms with Gasteiger partial charge in [-0.1, -0.05) is 20.8 Å². The van der Waals surface area contributed by atoms with Crippen molar-refractivity contribution < 1.29 is 0 Å². The number of likely N-dealkylation sites (tertiary alicyclic amines) is 1. The normalized spacial score (nSPS) is 24.8. The van der Waals surface area contributed by atoms with E-state index in [2.05, 4.69) is 56.1 Å². The summed E-state index contributed by atoms with van der Waals surface area (Å²) in [6, 6.07) is 0.622. The molecule has 1 saturated heterocycles. The molecule has 0 aromatic carbocycles. The highest BCUT2D eigenvalue weighted by Gasteiger charge is 2.24. The topological polar surface area (TPSA) is 15.3 Å². The first-order valence-corrected chi connectivity index (χ1v) is 8.68. The Morgan fingerprint density at radius 3 is 2.56 bits per heavy atom. The molecule has 1 heterocycles. The summed E-state index contributed by atoms with van der Waals surface area (Å²) in [5, 5.41) is 4.39. The van der Waals surface area contributed by atoms with Gasteiger partial charge in [-0.05, 0) is 64.0 Å². The molecule has 0 saturated carbocycles. The van der Waals surface area contributed by atoms with Gasteiger partial charge in [-0.15, -0.1) is 0 Å². The maximum atomic E-state index is 3.49. The zero-order valence-electron chi connectivity index (χ0n) is 13.0. The summed E-state index contributed by atoms with van der Waals surface area (Å²) in [7, 11) is 2.10. The Hall–Kier alpha value is 0.270. The van der Waals surface area contributed by atoms with Gasteiger partial charge in [-0.25, -0.2) is 0 Å². The van der Waals surface area contributed by atoms with E-state index < -0.39 is 0 Å². The fourth-order valence-electron chi connectivity index (χ4n) is 2.91. The van der Waals surface area contributed by atoms with Gasteiger partial charge < -0.3 is 10.2 Å². The fourth-order valence-corrected chi connectivity index (χ4v) is 3.65. The summed E-state index contributed by atoms with van der Waals surface area (Å²) in [4.78, 5) is 2.67. The number of nitrogens with zero attached hydrogens (tertiary/aromatic N) is 1. The van der Waals surface area contributed by atoms with Gasteiger partial charge >= 0.3 is 0 Å². The van der Waals surface area contributed by atoms with Gasteiger partial charge in [0.25, 0.3) is 0 Å². The molecular formula is C15H32N2S. The van der Waals surface area contributed by atoms with Crippen LogP contribution in [0.5, 0.6) is 0 Å². The van der Waals surface area contributed by atoms with Crippen molar-refractivity contribution >= 4 is 11.8 Å². The van der Waals surface area contributed by atoms with E-state index in [0.29, 0.717) is 11.5 Å². The lowest BCUT2D eigenvalue weighted by Crippen LogP contribution is -2.41. The van der Waals surface area contributed by atoms with Crippen LogP contribution in [0.3, 0.4) is 0 Å². The van der Waals surface area contributed by atoms with E-state index in [1.54, 1.807) is 0 Å². The first-order valence-electron chi connectivity index (χ1n) is 7.39. The van der Waals surface area contributed by atoms with Gasteiger partial charge in [0, 0.05) is 11.3 Å². The molecule has 0 aromatic heterocycles. The average Bonchev–Trinajstić information content (AvgIpc) is 2.53. The molecule has 0 bridgehead atoms. The lowest BCUT2D eigenvalue weighted by Gasteiger charge is -2.32. The smallest absolute Gasteiger partial charge is 0.0125 e. The first-order chi connectivity index (χ1) is 8.47. The number of rotatable bonds is 5. The molecule has 1 N–H and O–H groups in total. The second-order valence-electron chi connectivity index (χ2n) is 6.63. The van der Waals surface area contributed by atoms with Crippen LogP contribution in [0.4, 0.5) is 0 Å². The van der Waals surface area contributed by atoms with Crippen LogP contribution in [0.1, 0.15) is 46.5 Å². The molecule has 0 radical (unpaired) electrons. The Bertz CT molecular complexity index is 225. The Balaban J connectivity index is 2.34. The Morgan fingerprint density at radius 2 is 2.00 bits per heavy atom. The molecule has 18 heavy (non-hydrogen) atoms. The largest absolute Gasteiger partial charge is 0.316 e. The van der Waals surface area contributed by atoms with Gasteiger partial charge in [0.1, 0.15) is 0 Å². The van der Waals surface area contributed by atoms with Crippen LogP contribution in [0.2, 0.25) is 0 Å². The minimum atomic E-state index is 0.363. The molecule has 108 valence electrons. The van der Waals surface area contributed by atoms with Crippen LogP contribution in [0.25, 0.3) is 0 Å². The lowest BCUT2D eigenvalue weighted by atomic mass is 9.85. The molecule has 1 aliphatic heterocycles. The molecule has 0 aromatic rings. The molecule has 0 amide bonds. The van der Waals surface area contributed by atoms with E-state index in [-0.39, 0.29) is 0 Å². The fraction of sp³-hybridized carbons (Fsp3) is 1.00. The molecule has 0 spiro atoms. The zero-order valence-corrected chi connectivity index (χ0v) is 13.8. The highest BCUT2D eigenvalue weighted by molar-refractivity contribution is 7.99. The summed E-state index contributed by atoms with van der Waals surface area (Å²) in [6.07, 6.45) is 7.69. The van der Waals surface area contributed by atoms with Crippen LogP contribution in [-0.4, -0.2) is 49.1 Å². The second kappa shape index (κ2) is 7.76. The van der Waals surface area contributed by atoms with Crippen molar-refractivity contribution in [1.29, 1.82) is 0 Å². The zero-order chi connectivity index (χ0) is 13.6. The number of nitrogens with one attached hydrogen (secondary N) is 1. The third-order valence-corrected chi connectivity index (χ3v) is 5.37. The average molecular weight is 273 g/mol. The van der Waals surface area contributed by atoms with Gasteiger partial charge in [0.15, 0.2) is 0 Å². The summed E-state index contributed by atoms with van der Waals surface area (Å²) >= 11 is 2.06. The van der Waals surface area contributed by atoms with Gasteiger partial charge in [-0.3, -0.25) is 0 Å². The summed E-state index contributed by atoms with van der Waals surface area (Å²) in [6.45, 7) is 10.9. The van der Waals surface area contributed by atoms with Crippen LogP contribution >= 0.6 is 11.8 Å². The monoisotopic (exact) mass is 272 g/mol. The van der Waals surface area contributed by atoms with Gasteiger partial charge in [0.05, 0.1) is 0 Å². The van der Waals surface area contributed by atoms with E-state index in [4.69, 9.17) is 0 Å². The van der Waals surface area contributed by atoms with E-state index in [1.165, 1.54) is 45.3 Å². The maximum Gasteiger partial charge on any atom is 0.0125 e. The highest BCUT2D eigenvalue weighted by Crippen LogP contribution is 2.24. The SMILES string of the molecule is CNC(CCN1CCCC(SC)CC1)C(C)(C)C. The highest BCUT2D eigenvalue weighted by atomic mass is 32.2. The van der Waals surface area contributed by atoms with Crippen molar-refractivity contribution in [2.45, 2.75) is 57.7 Å². The van der Waals surface area contributed by atoms with Crippen molar-refractivity contribution in [1.82, 2.24) is 10.2 Å². The van der Waals surface area contributed by atoms with Crippen molar-refractivity contribution in [2.75, 3.05) is 32.9 Å². The minimum absolute atomic E-state index is 0.363. The number of hydrogen-bond donors (Lipinski definition) is 1. The van der Waals surface area contributed by atoms with Crippen molar-refractivity contribution in [3.05, 3.63) is 0 Å². The molecule has 2 unspecified atom stereocenters. The lowest BCUT2D eigenvalue weighted by molar-refractivity contribution is 0.214. The third-order valence-electron chi connectivity index (χ3n) is 4.23. The predicted molar refractivity (Wildman–Crippen MR) is 84.5 cm³/mol. The van der Waals surface area contributed by atoms with Crippen molar-refractivity contribution in [2.24, 2.45) is 5.41 Å². The standard InChI is InChI=1S/C15H32N2S/c1-15(2,3)14(16-4)9-12-17-10-6-7-13(18-5)8-11-17/h13-14,16H,6-12H2,1-5H3. The Kier molecular flexibility index (Phi) is 7.04. The summed E-state index contributed by atoms with van der Waals surface area (Å²) in [5.41, 5.74) is 0.363. The van der Waals surface area contributed by atoms with Crippen LogP contribution < -0.4 is 5.32 Å². The molecule has 1 fully saturated rings. The van der Waals surface area contributed by atoms with E-state index in [9.17, 15) is 0 Å². The second-order valence-corrected chi connectivity index (χ2v) is 7.76. The molecule has 1 aliphatic rings. The first kappa shape index (κ1) is 16.3. The third kappa shape index (κ3) is 5.50. The van der Waals surface area contributed by atoms with Gasteiger partial charge in [-0.2, -0.15) is 11.8 Å². The minimum Gasteiger partial charge on any atom is -0.316 e. The van der Waals surface area contributed by atoms with Crippen LogP contribution in [0.15, 0.2) is 0 Å². The van der Waals surface area contributed by atoms with E-state index >= 15 is 0 Å². The van der Waals surface area contributed by atoms with Gasteiger partial charge in [0.2, 0.25) is 0 Å². The summed E-state index contributed by atoms with van der Waals surface area (Å²) in [5.74, 6) is 0. The number of thioether (sulfide) groups is 1. The van der Waals surface area contributed by atoms with E-state index in [1.807, 2.05) is 0 Å². The predicted octanol–water partition coefficient (Wildman–Crippen LogP) is 3.23. The Labute approximate surface area is 118 Å². The quantitative estimate of drug-likeness (QED) is 0.827.